The van der Waals surface area contributed by atoms with Crippen molar-refractivity contribution in [3.63, 3.8) is 0 Å². The average molecular weight is 311 g/mol. The minimum Gasteiger partial charge on any atom is -0.393 e. The number of rotatable bonds is 5. The zero-order valence-electron chi connectivity index (χ0n) is 12.7. The van der Waals surface area contributed by atoms with Gasteiger partial charge < -0.3 is 16.2 Å². The van der Waals surface area contributed by atoms with Crippen LogP contribution in [0.1, 0.15) is 56.3 Å². The molecule has 1 fully saturated rings. The molecule has 1 atom stereocenters. The number of aliphatic hydroxyl groups excluding tert-OH is 1. The standard InChI is InChI=1S/C15H25N3O2S/c1-9(2)14(16)15-18-11(8-21-15)7-13(20)17-10-3-5-12(19)6-4-10/h8-10,12,14,19H,3-7,16H2,1-2H3,(H,17,20). The summed E-state index contributed by atoms with van der Waals surface area (Å²) >= 11 is 1.53. The van der Waals surface area contributed by atoms with Gasteiger partial charge in [-0.05, 0) is 31.6 Å². The third-order valence-corrected chi connectivity index (χ3v) is 4.97. The molecule has 1 saturated carbocycles. The van der Waals surface area contributed by atoms with Crippen LogP contribution >= 0.6 is 11.3 Å². The van der Waals surface area contributed by atoms with Crippen LogP contribution in [0, 0.1) is 5.92 Å². The van der Waals surface area contributed by atoms with E-state index in [-0.39, 0.29) is 24.1 Å². The molecule has 0 aliphatic heterocycles. The molecule has 1 heterocycles. The largest absolute Gasteiger partial charge is 0.393 e. The van der Waals surface area contributed by atoms with E-state index in [1.54, 1.807) is 0 Å². The molecule has 2 rings (SSSR count). The average Bonchev–Trinajstić information content (AvgIpc) is 2.88. The van der Waals surface area contributed by atoms with Gasteiger partial charge >= 0.3 is 0 Å². The lowest BCUT2D eigenvalue weighted by molar-refractivity contribution is -0.121. The molecule has 1 aliphatic rings. The Morgan fingerprint density at radius 1 is 1.48 bits per heavy atom. The maximum atomic E-state index is 12.0. The van der Waals surface area contributed by atoms with Gasteiger partial charge in [-0.2, -0.15) is 0 Å². The van der Waals surface area contributed by atoms with E-state index in [2.05, 4.69) is 24.1 Å². The first-order valence-corrected chi connectivity index (χ1v) is 8.51. The maximum absolute atomic E-state index is 12.0. The summed E-state index contributed by atoms with van der Waals surface area (Å²) in [5.41, 5.74) is 6.86. The van der Waals surface area contributed by atoms with Crippen molar-refractivity contribution >= 4 is 17.2 Å². The number of nitrogens with one attached hydrogen (secondary N) is 1. The molecule has 6 heteroatoms. The van der Waals surface area contributed by atoms with Crippen molar-refractivity contribution in [1.29, 1.82) is 0 Å². The van der Waals surface area contributed by atoms with Crippen LogP contribution in [0.4, 0.5) is 0 Å². The van der Waals surface area contributed by atoms with Gasteiger partial charge in [-0.25, -0.2) is 4.98 Å². The molecule has 0 saturated heterocycles. The summed E-state index contributed by atoms with van der Waals surface area (Å²) in [5.74, 6) is 0.345. The highest BCUT2D eigenvalue weighted by molar-refractivity contribution is 7.09. The van der Waals surface area contributed by atoms with E-state index >= 15 is 0 Å². The molecule has 0 spiro atoms. The van der Waals surface area contributed by atoms with Crippen molar-refractivity contribution in [2.24, 2.45) is 11.7 Å². The molecule has 1 amide bonds. The SMILES string of the molecule is CC(C)C(N)c1nc(CC(=O)NC2CCC(O)CC2)cs1. The Hall–Kier alpha value is -0.980. The Bertz CT molecular complexity index is 467. The van der Waals surface area contributed by atoms with Gasteiger partial charge in [0, 0.05) is 11.4 Å². The Morgan fingerprint density at radius 2 is 2.14 bits per heavy atom. The summed E-state index contributed by atoms with van der Waals surface area (Å²) in [6.45, 7) is 4.13. The van der Waals surface area contributed by atoms with Crippen LogP contribution in [0.5, 0.6) is 0 Å². The molecular formula is C15H25N3O2S. The van der Waals surface area contributed by atoms with Crippen molar-refractivity contribution in [2.45, 2.75) is 64.1 Å². The number of thiazole rings is 1. The lowest BCUT2D eigenvalue weighted by Gasteiger charge is -2.26. The molecule has 118 valence electrons. The number of aromatic nitrogens is 1. The van der Waals surface area contributed by atoms with E-state index in [9.17, 15) is 9.90 Å². The molecule has 1 aliphatic carbocycles. The monoisotopic (exact) mass is 311 g/mol. The van der Waals surface area contributed by atoms with E-state index in [1.807, 2.05) is 5.38 Å². The summed E-state index contributed by atoms with van der Waals surface area (Å²) in [4.78, 5) is 16.5. The predicted molar refractivity (Wildman–Crippen MR) is 84.0 cm³/mol. The van der Waals surface area contributed by atoms with Crippen LogP contribution in [0.2, 0.25) is 0 Å². The highest BCUT2D eigenvalue weighted by Gasteiger charge is 2.21. The normalized spacial score (nSPS) is 24.0. The first-order chi connectivity index (χ1) is 9.95. The van der Waals surface area contributed by atoms with Crippen LogP contribution < -0.4 is 11.1 Å². The van der Waals surface area contributed by atoms with Gasteiger partial charge in [0.05, 0.1) is 24.3 Å². The van der Waals surface area contributed by atoms with Crippen LogP contribution in [0.15, 0.2) is 5.38 Å². The quantitative estimate of drug-likeness (QED) is 0.773. The zero-order chi connectivity index (χ0) is 15.4. The molecular weight excluding hydrogens is 286 g/mol. The molecule has 4 N–H and O–H groups in total. The summed E-state index contributed by atoms with van der Waals surface area (Å²) in [6.07, 6.45) is 3.36. The van der Waals surface area contributed by atoms with Crippen molar-refractivity contribution in [2.75, 3.05) is 0 Å². The number of hydrogen-bond donors (Lipinski definition) is 3. The minimum atomic E-state index is -0.197. The highest BCUT2D eigenvalue weighted by Crippen LogP contribution is 2.23. The second kappa shape index (κ2) is 7.33. The summed E-state index contributed by atoms with van der Waals surface area (Å²) < 4.78 is 0. The van der Waals surface area contributed by atoms with Crippen LogP contribution in [0.3, 0.4) is 0 Å². The first kappa shape index (κ1) is 16.4. The smallest absolute Gasteiger partial charge is 0.226 e. The van der Waals surface area contributed by atoms with Crippen molar-refractivity contribution in [3.8, 4) is 0 Å². The number of nitrogens with zero attached hydrogens (tertiary/aromatic N) is 1. The van der Waals surface area contributed by atoms with Gasteiger partial charge in [0.2, 0.25) is 5.91 Å². The van der Waals surface area contributed by atoms with E-state index in [0.29, 0.717) is 12.3 Å². The second-order valence-corrected chi connectivity index (χ2v) is 7.09. The number of nitrogens with two attached hydrogens (primary N) is 1. The van der Waals surface area contributed by atoms with Crippen molar-refractivity contribution in [3.05, 3.63) is 16.1 Å². The summed E-state index contributed by atoms with van der Waals surface area (Å²) in [6, 6.07) is 0.128. The van der Waals surface area contributed by atoms with Crippen LogP contribution in [-0.2, 0) is 11.2 Å². The van der Waals surface area contributed by atoms with E-state index in [0.717, 1.165) is 36.4 Å². The van der Waals surface area contributed by atoms with Crippen molar-refractivity contribution in [1.82, 2.24) is 10.3 Å². The first-order valence-electron chi connectivity index (χ1n) is 7.63. The molecule has 21 heavy (non-hydrogen) atoms. The van der Waals surface area contributed by atoms with E-state index < -0.39 is 0 Å². The van der Waals surface area contributed by atoms with Gasteiger partial charge in [0.1, 0.15) is 5.01 Å². The fraction of sp³-hybridized carbons (Fsp3) is 0.733. The highest BCUT2D eigenvalue weighted by atomic mass is 32.1. The van der Waals surface area contributed by atoms with Crippen LogP contribution in [0.25, 0.3) is 0 Å². The summed E-state index contributed by atoms with van der Waals surface area (Å²) in [7, 11) is 0. The van der Waals surface area contributed by atoms with E-state index in [1.165, 1.54) is 11.3 Å². The van der Waals surface area contributed by atoms with E-state index in [4.69, 9.17) is 5.73 Å². The molecule has 0 radical (unpaired) electrons. The predicted octanol–water partition coefficient (Wildman–Crippen LogP) is 1.76. The van der Waals surface area contributed by atoms with Gasteiger partial charge in [-0.15, -0.1) is 11.3 Å². The Balaban J connectivity index is 1.83. The van der Waals surface area contributed by atoms with Gasteiger partial charge in [-0.3, -0.25) is 4.79 Å². The molecule has 0 bridgehead atoms. The molecule has 1 aromatic rings. The Labute approximate surface area is 130 Å². The number of aliphatic hydroxyl groups is 1. The van der Waals surface area contributed by atoms with Gasteiger partial charge in [-0.1, -0.05) is 13.8 Å². The fourth-order valence-electron chi connectivity index (χ4n) is 2.51. The van der Waals surface area contributed by atoms with Gasteiger partial charge in [0.15, 0.2) is 0 Å². The Kier molecular flexibility index (Phi) is 5.72. The Morgan fingerprint density at radius 3 is 2.76 bits per heavy atom. The van der Waals surface area contributed by atoms with Gasteiger partial charge in [0.25, 0.3) is 0 Å². The zero-order valence-corrected chi connectivity index (χ0v) is 13.5. The number of amides is 1. The third-order valence-electron chi connectivity index (χ3n) is 3.98. The molecule has 5 nitrogen and oxygen atoms in total. The van der Waals surface area contributed by atoms with Crippen molar-refractivity contribution < 1.29 is 9.90 Å². The summed E-state index contributed by atoms with van der Waals surface area (Å²) in [5, 5.41) is 15.3. The lowest BCUT2D eigenvalue weighted by Crippen LogP contribution is -2.39. The fourth-order valence-corrected chi connectivity index (χ4v) is 3.50. The maximum Gasteiger partial charge on any atom is 0.226 e. The number of hydrogen-bond acceptors (Lipinski definition) is 5. The topological polar surface area (TPSA) is 88.2 Å². The molecule has 1 unspecified atom stereocenters. The number of carbonyl (C=O) groups is 1. The van der Waals surface area contributed by atoms with Crippen LogP contribution in [-0.4, -0.2) is 28.1 Å². The molecule has 1 aromatic heterocycles. The molecule has 0 aromatic carbocycles. The lowest BCUT2D eigenvalue weighted by atomic mass is 9.93. The minimum absolute atomic E-state index is 0.00589. The second-order valence-electron chi connectivity index (χ2n) is 6.20. The number of carbonyl (C=O) groups excluding carboxylic acids is 1. The third kappa shape index (κ3) is 4.76.